The first-order valence-electron chi connectivity index (χ1n) is 7.01. The van der Waals surface area contributed by atoms with E-state index in [-0.39, 0.29) is 11.7 Å². The Labute approximate surface area is 134 Å². The molecule has 0 spiro atoms. The van der Waals surface area contributed by atoms with Gasteiger partial charge in [0.1, 0.15) is 6.04 Å². The van der Waals surface area contributed by atoms with Crippen LogP contribution in [0.5, 0.6) is 0 Å². The van der Waals surface area contributed by atoms with Crippen molar-refractivity contribution in [2.75, 3.05) is 0 Å². The van der Waals surface area contributed by atoms with Gasteiger partial charge in [0.05, 0.1) is 5.75 Å². The van der Waals surface area contributed by atoms with Crippen LogP contribution >= 0.6 is 11.3 Å². The second kappa shape index (κ2) is 6.76. The van der Waals surface area contributed by atoms with Crippen molar-refractivity contribution in [2.45, 2.75) is 32.1 Å². The van der Waals surface area contributed by atoms with Crippen LogP contribution in [0.3, 0.4) is 0 Å². The highest BCUT2D eigenvalue weighted by molar-refractivity contribution is 7.88. The summed E-state index contributed by atoms with van der Waals surface area (Å²) in [5, 5.41) is 12.1. The minimum absolute atomic E-state index is 0.223. The van der Waals surface area contributed by atoms with Crippen LogP contribution in [0.4, 0.5) is 0 Å². The predicted octanol–water partition coefficient (Wildman–Crippen LogP) is 2.82. The third-order valence-electron chi connectivity index (χ3n) is 3.66. The molecule has 0 radical (unpaired) electrons. The summed E-state index contributed by atoms with van der Waals surface area (Å²) in [5.41, 5.74) is 0.645. The summed E-state index contributed by atoms with van der Waals surface area (Å²) in [7, 11) is -3.71. The molecular weight excluding hydrogens is 322 g/mol. The molecule has 0 aliphatic carbocycles. The average Bonchev–Trinajstić information content (AvgIpc) is 2.90. The van der Waals surface area contributed by atoms with Gasteiger partial charge < -0.3 is 5.11 Å². The molecule has 1 aromatic carbocycles. The molecule has 2 aromatic rings. The van der Waals surface area contributed by atoms with Crippen molar-refractivity contribution >= 4 is 37.4 Å². The van der Waals surface area contributed by atoms with E-state index in [0.717, 1.165) is 10.1 Å². The van der Waals surface area contributed by atoms with Crippen LogP contribution in [0.25, 0.3) is 10.1 Å². The third kappa shape index (κ3) is 4.06. The largest absolute Gasteiger partial charge is 0.480 e. The van der Waals surface area contributed by atoms with Crippen molar-refractivity contribution in [1.82, 2.24) is 4.72 Å². The van der Waals surface area contributed by atoms with Crippen LogP contribution < -0.4 is 4.72 Å². The zero-order chi connectivity index (χ0) is 16.3. The molecule has 2 rings (SSSR count). The molecule has 0 aliphatic heterocycles. The molecular formula is C15H19NO4S2. The van der Waals surface area contributed by atoms with E-state index in [2.05, 4.69) is 4.72 Å². The van der Waals surface area contributed by atoms with Crippen molar-refractivity contribution in [2.24, 2.45) is 5.92 Å². The minimum atomic E-state index is -3.71. The Hall–Kier alpha value is -1.44. The van der Waals surface area contributed by atoms with Gasteiger partial charge in [0.2, 0.25) is 10.0 Å². The molecule has 1 aromatic heterocycles. The highest BCUT2D eigenvalue weighted by atomic mass is 32.2. The lowest BCUT2D eigenvalue weighted by Crippen LogP contribution is -2.45. The zero-order valence-electron chi connectivity index (χ0n) is 12.4. The lowest BCUT2D eigenvalue weighted by molar-refractivity contribution is -0.140. The molecule has 1 heterocycles. The predicted molar refractivity (Wildman–Crippen MR) is 88.5 cm³/mol. The standard InChI is InChI=1S/C15H19NO4S2/c1-3-10(2)14(15(17)18)16-22(19,20)9-11-4-5-13-12(8-11)6-7-21-13/h4-8,10,14,16H,3,9H2,1-2H3,(H,17,18)/t10-,14-/m1/s1. The van der Waals surface area contributed by atoms with Gasteiger partial charge in [-0.2, -0.15) is 0 Å². The van der Waals surface area contributed by atoms with E-state index < -0.39 is 22.0 Å². The van der Waals surface area contributed by atoms with Crippen molar-refractivity contribution in [3.05, 3.63) is 35.2 Å². The van der Waals surface area contributed by atoms with Gasteiger partial charge in [-0.25, -0.2) is 13.1 Å². The van der Waals surface area contributed by atoms with E-state index in [0.29, 0.717) is 12.0 Å². The fourth-order valence-corrected chi connectivity index (χ4v) is 4.40. The number of carboxylic acid groups (broad SMARTS) is 1. The van der Waals surface area contributed by atoms with Crippen LogP contribution in [0.2, 0.25) is 0 Å². The maximum Gasteiger partial charge on any atom is 0.322 e. The Bertz CT molecular complexity index is 767. The van der Waals surface area contributed by atoms with Crippen LogP contribution in [-0.4, -0.2) is 25.5 Å². The zero-order valence-corrected chi connectivity index (χ0v) is 14.1. The number of rotatable bonds is 7. The maximum atomic E-state index is 12.2. The van der Waals surface area contributed by atoms with Gasteiger partial charge >= 0.3 is 5.97 Å². The van der Waals surface area contributed by atoms with Crippen LogP contribution in [-0.2, 0) is 20.6 Å². The summed E-state index contributed by atoms with van der Waals surface area (Å²) in [6.07, 6.45) is 0.584. The number of fused-ring (bicyclic) bond motifs is 1. The molecule has 0 amide bonds. The third-order valence-corrected chi connectivity index (χ3v) is 5.88. The molecule has 0 bridgehead atoms. The second-order valence-corrected chi connectivity index (χ2v) is 8.07. The molecule has 0 saturated carbocycles. The SMILES string of the molecule is CC[C@@H](C)[C@@H](NS(=O)(=O)Cc1ccc2sccc2c1)C(=O)O. The Balaban J connectivity index is 2.17. The van der Waals surface area contributed by atoms with Crippen molar-refractivity contribution in [1.29, 1.82) is 0 Å². The molecule has 120 valence electrons. The van der Waals surface area contributed by atoms with Crippen molar-refractivity contribution < 1.29 is 18.3 Å². The molecule has 22 heavy (non-hydrogen) atoms. The van der Waals surface area contributed by atoms with Gasteiger partial charge in [-0.15, -0.1) is 11.3 Å². The Morgan fingerprint density at radius 3 is 2.73 bits per heavy atom. The van der Waals surface area contributed by atoms with E-state index >= 15 is 0 Å². The van der Waals surface area contributed by atoms with Gasteiger partial charge in [0, 0.05) is 4.70 Å². The Kier molecular flexibility index (Phi) is 5.20. The molecule has 0 aliphatic rings. The number of thiophene rings is 1. The van der Waals surface area contributed by atoms with Gasteiger partial charge in [0.15, 0.2) is 0 Å². The number of sulfonamides is 1. The summed E-state index contributed by atoms with van der Waals surface area (Å²) in [6.45, 7) is 3.55. The van der Waals surface area contributed by atoms with Crippen LogP contribution in [0, 0.1) is 5.92 Å². The Morgan fingerprint density at radius 2 is 2.09 bits per heavy atom. The van der Waals surface area contributed by atoms with Crippen molar-refractivity contribution in [3.63, 3.8) is 0 Å². The summed E-state index contributed by atoms with van der Waals surface area (Å²) >= 11 is 1.59. The number of hydrogen-bond donors (Lipinski definition) is 2. The molecule has 5 nitrogen and oxygen atoms in total. The van der Waals surface area contributed by atoms with Gasteiger partial charge in [-0.05, 0) is 40.4 Å². The minimum Gasteiger partial charge on any atom is -0.480 e. The maximum absolute atomic E-state index is 12.2. The van der Waals surface area contributed by atoms with Crippen LogP contribution in [0.15, 0.2) is 29.6 Å². The van der Waals surface area contributed by atoms with E-state index in [4.69, 9.17) is 0 Å². The van der Waals surface area contributed by atoms with Gasteiger partial charge in [-0.3, -0.25) is 4.79 Å². The van der Waals surface area contributed by atoms with Gasteiger partial charge in [0.25, 0.3) is 0 Å². The molecule has 2 N–H and O–H groups in total. The Morgan fingerprint density at radius 1 is 1.36 bits per heavy atom. The second-order valence-electron chi connectivity index (χ2n) is 5.37. The number of carbonyl (C=O) groups is 1. The topological polar surface area (TPSA) is 83.5 Å². The number of benzene rings is 1. The number of aliphatic carboxylic acids is 1. The smallest absolute Gasteiger partial charge is 0.322 e. The highest BCUT2D eigenvalue weighted by Crippen LogP contribution is 2.22. The molecule has 0 saturated heterocycles. The molecule has 2 atom stereocenters. The number of carboxylic acids is 1. The fourth-order valence-electron chi connectivity index (χ4n) is 2.21. The molecule has 0 unspecified atom stereocenters. The monoisotopic (exact) mass is 341 g/mol. The molecule has 7 heteroatoms. The van der Waals surface area contributed by atoms with E-state index in [1.54, 1.807) is 24.3 Å². The first kappa shape index (κ1) is 16.9. The average molecular weight is 341 g/mol. The summed E-state index contributed by atoms with van der Waals surface area (Å²) in [6, 6.07) is 6.30. The first-order chi connectivity index (χ1) is 10.3. The summed E-state index contributed by atoms with van der Waals surface area (Å²) in [4.78, 5) is 11.2. The van der Waals surface area contributed by atoms with Gasteiger partial charge in [-0.1, -0.05) is 26.3 Å². The first-order valence-corrected chi connectivity index (χ1v) is 9.54. The fraction of sp³-hybridized carbons (Fsp3) is 0.400. The lowest BCUT2D eigenvalue weighted by atomic mass is 10.0. The quantitative estimate of drug-likeness (QED) is 0.811. The number of nitrogens with one attached hydrogen (secondary N) is 1. The van der Waals surface area contributed by atoms with E-state index in [9.17, 15) is 18.3 Å². The van der Waals surface area contributed by atoms with Crippen LogP contribution in [0.1, 0.15) is 25.8 Å². The van der Waals surface area contributed by atoms with E-state index in [1.165, 1.54) is 0 Å². The number of hydrogen-bond acceptors (Lipinski definition) is 4. The normalized spacial score (nSPS) is 14.8. The summed E-state index contributed by atoms with van der Waals surface area (Å²) in [5.74, 6) is -1.64. The highest BCUT2D eigenvalue weighted by Gasteiger charge is 2.28. The molecule has 0 fully saturated rings. The van der Waals surface area contributed by atoms with Crippen molar-refractivity contribution in [3.8, 4) is 0 Å². The van der Waals surface area contributed by atoms with E-state index in [1.807, 2.05) is 30.5 Å². The lowest BCUT2D eigenvalue weighted by Gasteiger charge is -2.20. The summed E-state index contributed by atoms with van der Waals surface area (Å²) < 4.78 is 27.9.